The minimum Gasteiger partial charge on any atom is -0.392 e. The van der Waals surface area contributed by atoms with Crippen molar-refractivity contribution in [1.29, 1.82) is 0 Å². The van der Waals surface area contributed by atoms with Gasteiger partial charge < -0.3 is 5.11 Å². The van der Waals surface area contributed by atoms with Crippen molar-refractivity contribution < 1.29 is 5.11 Å². The molecule has 1 rings (SSSR count). The molecule has 3 nitrogen and oxygen atoms in total. The van der Waals surface area contributed by atoms with E-state index in [-0.39, 0.29) is 6.10 Å². The molecule has 1 aromatic heterocycles. The number of aliphatic hydroxyl groups excluding tert-OH is 1. The first-order valence-electron chi connectivity index (χ1n) is 6.06. The van der Waals surface area contributed by atoms with Crippen LogP contribution in [0.4, 0.5) is 0 Å². The maximum Gasteiger partial charge on any atom is 0.0766 e. The van der Waals surface area contributed by atoms with Gasteiger partial charge in [-0.3, -0.25) is 4.68 Å². The van der Waals surface area contributed by atoms with Gasteiger partial charge >= 0.3 is 0 Å². The predicted octanol–water partition coefficient (Wildman–Crippen LogP) is 2.79. The minimum absolute atomic E-state index is 0.289. The summed E-state index contributed by atoms with van der Waals surface area (Å²) < 4.78 is 2.93. The maximum atomic E-state index is 9.98. The monoisotopic (exact) mass is 320 g/mol. The molecule has 5 heteroatoms. The quantitative estimate of drug-likeness (QED) is 0.785. The summed E-state index contributed by atoms with van der Waals surface area (Å²) in [6.45, 7) is 4.25. The second-order valence-corrected chi connectivity index (χ2v) is 6.06. The molecule has 0 amide bonds. The normalized spacial score (nSPS) is 13.0. The largest absolute Gasteiger partial charge is 0.392 e. The smallest absolute Gasteiger partial charge is 0.0766 e. The number of aliphatic hydroxyl groups is 1. The van der Waals surface area contributed by atoms with Crippen LogP contribution in [0.5, 0.6) is 0 Å². The highest BCUT2D eigenvalue weighted by atomic mass is 79.9. The summed E-state index contributed by atoms with van der Waals surface area (Å²) >= 11 is 5.38. The predicted molar refractivity (Wildman–Crippen MR) is 77.6 cm³/mol. The van der Waals surface area contributed by atoms with E-state index in [9.17, 15) is 5.11 Å². The van der Waals surface area contributed by atoms with E-state index in [1.807, 2.05) is 23.5 Å². The van der Waals surface area contributed by atoms with Crippen molar-refractivity contribution in [1.82, 2.24) is 9.78 Å². The van der Waals surface area contributed by atoms with Crippen molar-refractivity contribution in [2.24, 2.45) is 7.05 Å². The number of hydrogen-bond donors (Lipinski definition) is 1. The Labute approximate surface area is 116 Å². The molecule has 0 radical (unpaired) electrons. The highest BCUT2D eigenvalue weighted by molar-refractivity contribution is 9.10. The van der Waals surface area contributed by atoms with Gasteiger partial charge in [0.05, 0.1) is 22.0 Å². The van der Waals surface area contributed by atoms with E-state index in [2.05, 4.69) is 34.9 Å². The van der Waals surface area contributed by atoms with Gasteiger partial charge in [0.1, 0.15) is 0 Å². The van der Waals surface area contributed by atoms with Gasteiger partial charge in [0.25, 0.3) is 0 Å². The number of nitrogens with zero attached hydrogens (tertiary/aromatic N) is 2. The Balaban J connectivity index is 2.58. The summed E-state index contributed by atoms with van der Waals surface area (Å²) in [7, 11) is 1.94. The third-order valence-corrected chi connectivity index (χ3v) is 4.82. The molecule has 0 spiro atoms. The lowest BCUT2D eigenvalue weighted by molar-refractivity contribution is 0.197. The van der Waals surface area contributed by atoms with Crippen LogP contribution in [0, 0.1) is 0 Å². The maximum absolute atomic E-state index is 9.98. The first-order valence-corrected chi connectivity index (χ1v) is 8.00. The van der Waals surface area contributed by atoms with Gasteiger partial charge in [-0.05, 0) is 34.5 Å². The van der Waals surface area contributed by atoms with E-state index in [1.54, 1.807) is 0 Å². The van der Waals surface area contributed by atoms with Gasteiger partial charge in [0, 0.05) is 19.2 Å². The first-order chi connectivity index (χ1) is 8.10. The molecule has 0 aliphatic rings. The average molecular weight is 321 g/mol. The molecule has 1 aromatic rings. The summed E-state index contributed by atoms with van der Waals surface area (Å²) in [4.78, 5) is 0. The van der Waals surface area contributed by atoms with Crippen LogP contribution in [0.2, 0.25) is 0 Å². The summed E-state index contributed by atoms with van der Waals surface area (Å²) in [6, 6.07) is 0. The molecule has 0 fully saturated rings. The van der Waals surface area contributed by atoms with Gasteiger partial charge in [-0.1, -0.05) is 13.8 Å². The van der Waals surface area contributed by atoms with Gasteiger partial charge in [-0.2, -0.15) is 16.9 Å². The Morgan fingerprint density at radius 1 is 1.47 bits per heavy atom. The number of halogens is 1. The molecular weight excluding hydrogens is 300 g/mol. The van der Waals surface area contributed by atoms with Crippen molar-refractivity contribution in [2.75, 3.05) is 11.5 Å². The molecule has 1 unspecified atom stereocenters. The molecule has 0 aliphatic carbocycles. The van der Waals surface area contributed by atoms with Crippen molar-refractivity contribution in [2.45, 2.75) is 39.2 Å². The Morgan fingerprint density at radius 2 is 2.18 bits per heavy atom. The molecule has 1 atom stereocenters. The van der Waals surface area contributed by atoms with Crippen LogP contribution >= 0.6 is 27.7 Å². The number of rotatable bonds is 7. The zero-order valence-corrected chi connectivity index (χ0v) is 13.1. The zero-order valence-electron chi connectivity index (χ0n) is 10.7. The first kappa shape index (κ1) is 15.1. The molecule has 17 heavy (non-hydrogen) atoms. The molecule has 0 bridgehead atoms. The van der Waals surface area contributed by atoms with Crippen molar-refractivity contribution in [3.05, 3.63) is 15.9 Å². The standard InChI is InChI=1S/C12H21BrN2OS/c1-4-6-17-8-9(16)7-11-12(13)10(5-2)14-15(11)3/h9,16H,4-8H2,1-3H3. The molecule has 0 aliphatic heterocycles. The zero-order chi connectivity index (χ0) is 12.8. The van der Waals surface area contributed by atoms with Gasteiger partial charge in [0.15, 0.2) is 0 Å². The molecular formula is C12H21BrN2OS. The highest BCUT2D eigenvalue weighted by Crippen LogP contribution is 2.23. The van der Waals surface area contributed by atoms with E-state index in [0.29, 0.717) is 6.42 Å². The lowest BCUT2D eigenvalue weighted by Crippen LogP contribution is -2.16. The average Bonchev–Trinajstić information content (AvgIpc) is 2.57. The van der Waals surface area contributed by atoms with E-state index >= 15 is 0 Å². The summed E-state index contributed by atoms with van der Waals surface area (Å²) in [6.07, 6.45) is 2.45. The Hall–Kier alpha value is 0. The van der Waals surface area contributed by atoms with Gasteiger partial charge in [-0.15, -0.1) is 0 Å². The van der Waals surface area contributed by atoms with E-state index < -0.39 is 0 Å². The fourth-order valence-corrected chi connectivity index (χ4v) is 3.31. The van der Waals surface area contributed by atoms with Gasteiger partial charge in [0.2, 0.25) is 0 Å². The summed E-state index contributed by atoms with van der Waals surface area (Å²) in [5.74, 6) is 1.91. The van der Waals surface area contributed by atoms with E-state index in [0.717, 1.165) is 40.2 Å². The molecule has 98 valence electrons. The highest BCUT2D eigenvalue weighted by Gasteiger charge is 2.16. The second-order valence-electron chi connectivity index (χ2n) is 4.12. The molecule has 1 N–H and O–H groups in total. The third-order valence-electron chi connectivity index (χ3n) is 2.59. The van der Waals surface area contributed by atoms with Crippen molar-refractivity contribution >= 4 is 27.7 Å². The van der Waals surface area contributed by atoms with Crippen molar-refractivity contribution in [3.8, 4) is 0 Å². The van der Waals surface area contributed by atoms with Crippen LogP contribution in [-0.4, -0.2) is 32.5 Å². The number of hydrogen-bond acceptors (Lipinski definition) is 3. The lowest BCUT2D eigenvalue weighted by atomic mass is 10.2. The number of aryl methyl sites for hydroxylation is 2. The minimum atomic E-state index is -0.289. The Bertz CT molecular complexity index is 355. The van der Waals surface area contributed by atoms with Crippen LogP contribution in [0.25, 0.3) is 0 Å². The fourth-order valence-electron chi connectivity index (χ4n) is 1.69. The van der Waals surface area contributed by atoms with E-state index in [1.165, 1.54) is 0 Å². The van der Waals surface area contributed by atoms with Gasteiger partial charge in [-0.25, -0.2) is 0 Å². The summed E-state index contributed by atoms with van der Waals surface area (Å²) in [5.41, 5.74) is 2.15. The molecule has 0 aromatic carbocycles. The lowest BCUT2D eigenvalue weighted by Gasteiger charge is -2.10. The number of thioether (sulfide) groups is 1. The molecule has 0 saturated heterocycles. The molecule has 1 heterocycles. The van der Waals surface area contributed by atoms with Crippen LogP contribution in [0.3, 0.4) is 0 Å². The third kappa shape index (κ3) is 4.30. The van der Waals surface area contributed by atoms with Crippen molar-refractivity contribution in [3.63, 3.8) is 0 Å². The SMILES string of the molecule is CCCSCC(O)Cc1c(Br)c(CC)nn1C. The van der Waals surface area contributed by atoms with Crippen LogP contribution in [0.1, 0.15) is 31.7 Å². The Kier molecular flexibility index (Phi) is 6.59. The van der Waals surface area contributed by atoms with Crippen LogP contribution < -0.4 is 0 Å². The number of aromatic nitrogens is 2. The van der Waals surface area contributed by atoms with E-state index in [4.69, 9.17) is 0 Å². The molecule has 0 saturated carbocycles. The second kappa shape index (κ2) is 7.44. The summed E-state index contributed by atoms with van der Waals surface area (Å²) in [5, 5.41) is 14.4. The van der Waals surface area contributed by atoms with Crippen LogP contribution in [0.15, 0.2) is 4.47 Å². The fraction of sp³-hybridized carbons (Fsp3) is 0.750. The topological polar surface area (TPSA) is 38.1 Å². The Morgan fingerprint density at radius 3 is 2.71 bits per heavy atom. The van der Waals surface area contributed by atoms with Crippen LogP contribution in [-0.2, 0) is 19.9 Å².